The number of rotatable bonds is 6. The lowest BCUT2D eigenvalue weighted by molar-refractivity contribution is -0.142. The molecule has 0 heterocycles. The van der Waals surface area contributed by atoms with Gasteiger partial charge in [0.05, 0.1) is 13.0 Å². The largest absolute Gasteiger partial charge is 0.469 e. The van der Waals surface area contributed by atoms with E-state index < -0.39 is 0 Å². The molecule has 0 aliphatic rings. The number of hydrogen-bond donors (Lipinski definition) is 0. The predicted molar refractivity (Wildman–Crippen MR) is 65.2 cm³/mol. The van der Waals surface area contributed by atoms with Crippen LogP contribution < -0.4 is 0 Å². The minimum absolute atomic E-state index is 0.147. The molecule has 86 valence electrons. The van der Waals surface area contributed by atoms with Crippen LogP contribution in [0.2, 0.25) is 0 Å². The Kier molecular flexibility index (Phi) is 5.34. The normalized spacial score (nSPS) is 11.8. The number of benzene rings is 1. The van der Waals surface area contributed by atoms with E-state index in [-0.39, 0.29) is 11.9 Å². The molecule has 1 rings (SSSR count). The summed E-state index contributed by atoms with van der Waals surface area (Å²) < 4.78 is 4.83. The number of methoxy groups -OCH3 is 1. The zero-order valence-electron chi connectivity index (χ0n) is 9.69. The van der Waals surface area contributed by atoms with Crippen molar-refractivity contribution in [3.05, 3.63) is 48.6 Å². The van der Waals surface area contributed by atoms with Gasteiger partial charge in [-0.25, -0.2) is 0 Å². The van der Waals surface area contributed by atoms with Crippen molar-refractivity contribution in [3.8, 4) is 0 Å². The number of carbonyl (C=O) groups excluding carboxylic acids is 1. The predicted octanol–water partition coefficient (Wildman–Crippen LogP) is 3.30. The van der Waals surface area contributed by atoms with Crippen LogP contribution in [-0.4, -0.2) is 13.1 Å². The van der Waals surface area contributed by atoms with Crippen molar-refractivity contribution in [2.45, 2.75) is 25.2 Å². The summed E-state index contributed by atoms with van der Waals surface area (Å²) in [6.07, 6.45) is 4.57. The molecule has 0 aliphatic carbocycles. The summed E-state index contributed by atoms with van der Waals surface area (Å²) in [5, 5.41) is 0. The molecule has 1 aromatic carbocycles. The number of hydrogen-bond acceptors (Lipinski definition) is 2. The fourth-order valence-electron chi connectivity index (χ4n) is 1.71. The fraction of sp³-hybridized carbons (Fsp3) is 0.357. The number of allylic oxidation sites excluding steroid dienone is 1. The van der Waals surface area contributed by atoms with E-state index in [4.69, 9.17) is 4.74 Å². The van der Waals surface area contributed by atoms with E-state index in [0.29, 0.717) is 0 Å². The molecule has 2 heteroatoms. The molecule has 0 aliphatic heterocycles. The van der Waals surface area contributed by atoms with Crippen LogP contribution >= 0.6 is 0 Å². The first-order valence-electron chi connectivity index (χ1n) is 5.53. The summed E-state index contributed by atoms with van der Waals surface area (Å²) in [6.45, 7) is 3.68. The van der Waals surface area contributed by atoms with Crippen molar-refractivity contribution in [2.24, 2.45) is 0 Å². The van der Waals surface area contributed by atoms with E-state index in [0.717, 1.165) is 24.8 Å². The molecule has 0 aromatic heterocycles. The van der Waals surface area contributed by atoms with E-state index in [1.165, 1.54) is 7.11 Å². The van der Waals surface area contributed by atoms with Crippen molar-refractivity contribution < 1.29 is 9.53 Å². The molecule has 0 N–H and O–H groups in total. The molecule has 0 amide bonds. The van der Waals surface area contributed by atoms with Crippen LogP contribution in [0.4, 0.5) is 0 Å². The van der Waals surface area contributed by atoms with E-state index in [1.807, 2.05) is 36.4 Å². The van der Waals surface area contributed by atoms with Gasteiger partial charge in [-0.2, -0.15) is 0 Å². The van der Waals surface area contributed by atoms with Gasteiger partial charge in [0.1, 0.15) is 0 Å². The quantitative estimate of drug-likeness (QED) is 0.416. The van der Waals surface area contributed by atoms with Crippen LogP contribution in [0.3, 0.4) is 0 Å². The van der Waals surface area contributed by atoms with Crippen molar-refractivity contribution in [3.63, 3.8) is 0 Å². The van der Waals surface area contributed by atoms with E-state index in [2.05, 4.69) is 6.58 Å². The van der Waals surface area contributed by atoms with Gasteiger partial charge >= 0.3 is 5.97 Å². The highest BCUT2D eigenvalue weighted by molar-refractivity contribution is 5.77. The summed E-state index contributed by atoms with van der Waals surface area (Å²) in [4.78, 5) is 11.7. The minimum Gasteiger partial charge on any atom is -0.469 e. The molecule has 0 saturated heterocycles. The Morgan fingerprint density at radius 2 is 2.12 bits per heavy atom. The first-order chi connectivity index (χ1) is 7.79. The van der Waals surface area contributed by atoms with Crippen LogP contribution in [0, 0.1) is 0 Å². The first kappa shape index (κ1) is 12.5. The van der Waals surface area contributed by atoms with Crippen molar-refractivity contribution in [1.29, 1.82) is 0 Å². The monoisotopic (exact) mass is 218 g/mol. The summed E-state index contributed by atoms with van der Waals surface area (Å²) in [5.74, 6) is -0.304. The molecule has 0 saturated carbocycles. The third-order valence-electron chi connectivity index (χ3n) is 2.59. The molecular weight excluding hydrogens is 200 g/mol. The van der Waals surface area contributed by atoms with E-state index in [9.17, 15) is 4.79 Å². The Morgan fingerprint density at radius 1 is 1.44 bits per heavy atom. The zero-order valence-corrected chi connectivity index (χ0v) is 9.69. The highest BCUT2D eigenvalue weighted by Crippen LogP contribution is 2.23. The van der Waals surface area contributed by atoms with Crippen LogP contribution in [0.25, 0.3) is 0 Å². The molecule has 16 heavy (non-hydrogen) atoms. The second-order valence-electron chi connectivity index (χ2n) is 3.71. The van der Waals surface area contributed by atoms with Crippen LogP contribution in [0.1, 0.15) is 30.7 Å². The van der Waals surface area contributed by atoms with Crippen LogP contribution in [0.15, 0.2) is 43.0 Å². The van der Waals surface area contributed by atoms with Crippen LogP contribution in [-0.2, 0) is 9.53 Å². The van der Waals surface area contributed by atoms with E-state index >= 15 is 0 Å². The lowest BCUT2D eigenvalue weighted by atomic mass is 9.93. The first-order valence-corrected chi connectivity index (χ1v) is 5.53. The number of carbonyl (C=O) groups is 1. The smallest absolute Gasteiger partial charge is 0.313 e. The Morgan fingerprint density at radius 3 is 2.69 bits per heavy atom. The summed E-state index contributed by atoms with van der Waals surface area (Å²) >= 11 is 0. The second-order valence-corrected chi connectivity index (χ2v) is 3.71. The Hall–Kier alpha value is -1.57. The molecule has 2 nitrogen and oxygen atoms in total. The summed E-state index contributed by atoms with van der Waals surface area (Å²) in [7, 11) is 1.44. The highest BCUT2D eigenvalue weighted by Gasteiger charge is 2.20. The molecule has 0 unspecified atom stereocenters. The van der Waals surface area contributed by atoms with Gasteiger partial charge in [-0.15, -0.1) is 6.58 Å². The summed E-state index contributed by atoms with van der Waals surface area (Å²) in [5.41, 5.74) is 1.03. The minimum atomic E-state index is -0.157. The molecule has 0 bridgehead atoms. The maximum atomic E-state index is 11.7. The Bertz CT molecular complexity index is 330. The third kappa shape index (κ3) is 3.54. The molecule has 1 aromatic rings. The highest BCUT2D eigenvalue weighted by atomic mass is 16.5. The Labute approximate surface area is 96.9 Å². The maximum Gasteiger partial charge on any atom is 0.313 e. The molecule has 1 atom stereocenters. The SMILES string of the molecule is C=CCCC[C@H](C(=O)OC)c1ccccc1. The summed E-state index contributed by atoms with van der Waals surface area (Å²) in [6, 6.07) is 9.77. The van der Waals surface area contributed by atoms with Crippen molar-refractivity contribution in [1.82, 2.24) is 0 Å². The average Bonchev–Trinajstić information content (AvgIpc) is 2.35. The van der Waals surface area contributed by atoms with Gasteiger partial charge in [-0.1, -0.05) is 36.4 Å². The molecule has 0 radical (unpaired) electrons. The molecular formula is C14H18O2. The van der Waals surface area contributed by atoms with Crippen molar-refractivity contribution >= 4 is 5.97 Å². The third-order valence-corrected chi connectivity index (χ3v) is 2.59. The van der Waals surface area contributed by atoms with Crippen molar-refractivity contribution in [2.75, 3.05) is 7.11 Å². The van der Waals surface area contributed by atoms with Gasteiger partial charge in [0.2, 0.25) is 0 Å². The number of esters is 1. The molecule has 0 spiro atoms. The maximum absolute atomic E-state index is 11.7. The lowest BCUT2D eigenvalue weighted by Gasteiger charge is -2.14. The standard InChI is InChI=1S/C14H18O2/c1-3-4-6-11-13(14(15)16-2)12-9-7-5-8-10-12/h3,5,7-10,13H,1,4,6,11H2,2H3/t13-/m0/s1. The molecule has 0 fully saturated rings. The van der Waals surface area contributed by atoms with Gasteiger partial charge in [-0.3, -0.25) is 4.79 Å². The van der Waals surface area contributed by atoms with Gasteiger partial charge in [0.15, 0.2) is 0 Å². The fourth-order valence-corrected chi connectivity index (χ4v) is 1.71. The van der Waals surface area contributed by atoms with Gasteiger partial charge in [0, 0.05) is 0 Å². The van der Waals surface area contributed by atoms with Gasteiger partial charge < -0.3 is 4.74 Å². The zero-order chi connectivity index (χ0) is 11.8. The second kappa shape index (κ2) is 6.83. The Balaban J connectivity index is 2.71. The van der Waals surface area contributed by atoms with E-state index in [1.54, 1.807) is 0 Å². The number of ether oxygens (including phenoxy) is 1. The van der Waals surface area contributed by atoms with Gasteiger partial charge in [0.25, 0.3) is 0 Å². The lowest BCUT2D eigenvalue weighted by Crippen LogP contribution is -2.14. The average molecular weight is 218 g/mol. The van der Waals surface area contributed by atoms with Gasteiger partial charge in [-0.05, 0) is 24.8 Å². The van der Waals surface area contributed by atoms with Crippen LogP contribution in [0.5, 0.6) is 0 Å². The topological polar surface area (TPSA) is 26.3 Å². The number of unbranched alkanes of at least 4 members (excludes halogenated alkanes) is 1.